The monoisotopic (exact) mass is 190 g/mol. The molecule has 0 heteroatoms. The van der Waals surface area contributed by atoms with E-state index < -0.39 is 0 Å². The van der Waals surface area contributed by atoms with Crippen LogP contribution in [0.1, 0.15) is 51.9 Å². The van der Waals surface area contributed by atoms with Crippen molar-refractivity contribution >= 4 is 0 Å². The standard InChI is InChI=1S/C14H22/c1-9-8-12-5-4-10-2-3-11-6-7-13(9)14(10,11)12/h9-13H,2-8H2,1H3/t9-,10-,11-,12+,13+,14-/m0/s1. The molecule has 0 saturated heterocycles. The summed E-state index contributed by atoms with van der Waals surface area (Å²) in [5, 5.41) is 0. The Morgan fingerprint density at radius 2 is 1.36 bits per heavy atom. The fourth-order valence-corrected chi connectivity index (χ4v) is 6.59. The number of rotatable bonds is 0. The lowest BCUT2D eigenvalue weighted by molar-refractivity contribution is 0.109. The zero-order valence-corrected chi connectivity index (χ0v) is 9.34. The number of hydrogen-bond donors (Lipinski definition) is 0. The first kappa shape index (κ1) is 8.19. The highest BCUT2D eigenvalue weighted by Gasteiger charge is 2.67. The van der Waals surface area contributed by atoms with Gasteiger partial charge < -0.3 is 0 Å². The van der Waals surface area contributed by atoms with E-state index in [-0.39, 0.29) is 0 Å². The molecular formula is C14H22. The van der Waals surface area contributed by atoms with Crippen LogP contribution >= 0.6 is 0 Å². The van der Waals surface area contributed by atoms with Crippen LogP contribution in [0.25, 0.3) is 0 Å². The van der Waals surface area contributed by atoms with Crippen molar-refractivity contribution in [3.05, 3.63) is 0 Å². The molecule has 4 saturated carbocycles. The molecular weight excluding hydrogens is 168 g/mol. The van der Waals surface area contributed by atoms with E-state index in [4.69, 9.17) is 0 Å². The van der Waals surface area contributed by atoms with Gasteiger partial charge >= 0.3 is 0 Å². The second-order valence-electron chi connectivity index (χ2n) is 6.64. The van der Waals surface area contributed by atoms with E-state index in [9.17, 15) is 0 Å². The Hall–Kier alpha value is 0. The summed E-state index contributed by atoms with van der Waals surface area (Å²) in [4.78, 5) is 0. The van der Waals surface area contributed by atoms with Crippen molar-refractivity contribution in [1.29, 1.82) is 0 Å². The van der Waals surface area contributed by atoms with Crippen LogP contribution in [0.2, 0.25) is 0 Å². The normalized spacial score (nSPS) is 64.5. The average molecular weight is 190 g/mol. The third kappa shape index (κ3) is 0.657. The van der Waals surface area contributed by atoms with Crippen LogP contribution in [0.15, 0.2) is 0 Å². The first-order chi connectivity index (χ1) is 6.83. The molecule has 0 N–H and O–H groups in total. The zero-order chi connectivity index (χ0) is 9.34. The van der Waals surface area contributed by atoms with E-state index in [0.717, 1.165) is 17.3 Å². The summed E-state index contributed by atoms with van der Waals surface area (Å²) in [7, 11) is 0. The molecule has 0 aromatic heterocycles. The van der Waals surface area contributed by atoms with Gasteiger partial charge in [0.25, 0.3) is 0 Å². The van der Waals surface area contributed by atoms with Gasteiger partial charge in [0.15, 0.2) is 0 Å². The largest absolute Gasteiger partial charge is 0.0622 e. The molecule has 0 bridgehead atoms. The molecule has 4 aliphatic carbocycles. The zero-order valence-electron chi connectivity index (χ0n) is 9.34. The lowest BCUT2D eigenvalue weighted by Gasteiger charge is -2.36. The van der Waals surface area contributed by atoms with Crippen molar-refractivity contribution in [1.82, 2.24) is 0 Å². The van der Waals surface area contributed by atoms with E-state index in [1.807, 2.05) is 0 Å². The van der Waals surface area contributed by atoms with Gasteiger partial charge in [0, 0.05) is 0 Å². The van der Waals surface area contributed by atoms with Gasteiger partial charge in [-0.05, 0) is 80.0 Å². The van der Waals surface area contributed by atoms with Crippen molar-refractivity contribution < 1.29 is 0 Å². The predicted octanol–water partition coefficient (Wildman–Crippen LogP) is 3.86. The molecule has 1 spiro atoms. The SMILES string of the molecule is C[C@H]1C[C@H]2CC[C@@H]3CC[C@H]4CC[C@H]1[C@@]342. The molecule has 0 amide bonds. The summed E-state index contributed by atoms with van der Waals surface area (Å²) >= 11 is 0. The van der Waals surface area contributed by atoms with Crippen LogP contribution in [-0.4, -0.2) is 0 Å². The Morgan fingerprint density at radius 1 is 0.786 bits per heavy atom. The van der Waals surface area contributed by atoms with Crippen molar-refractivity contribution in [3.63, 3.8) is 0 Å². The topological polar surface area (TPSA) is 0 Å². The van der Waals surface area contributed by atoms with Crippen LogP contribution in [0, 0.1) is 35.0 Å². The Bertz CT molecular complexity index is 258. The van der Waals surface area contributed by atoms with E-state index in [1.54, 1.807) is 44.9 Å². The van der Waals surface area contributed by atoms with Crippen LogP contribution in [0.5, 0.6) is 0 Å². The molecule has 4 rings (SSSR count). The van der Waals surface area contributed by atoms with E-state index >= 15 is 0 Å². The van der Waals surface area contributed by atoms with Gasteiger partial charge in [-0.15, -0.1) is 0 Å². The highest BCUT2D eigenvalue weighted by Crippen LogP contribution is 2.75. The van der Waals surface area contributed by atoms with E-state index in [1.165, 1.54) is 17.8 Å². The molecule has 0 unspecified atom stereocenters. The van der Waals surface area contributed by atoms with Crippen LogP contribution < -0.4 is 0 Å². The van der Waals surface area contributed by atoms with Crippen LogP contribution in [-0.2, 0) is 0 Å². The second-order valence-corrected chi connectivity index (χ2v) is 6.64. The second kappa shape index (κ2) is 2.39. The molecule has 4 aliphatic rings. The maximum absolute atomic E-state index is 2.55. The molecule has 6 atom stereocenters. The maximum Gasteiger partial charge on any atom is -0.0182 e. The van der Waals surface area contributed by atoms with E-state index in [0.29, 0.717) is 0 Å². The lowest BCUT2D eigenvalue weighted by Crippen LogP contribution is -2.32. The summed E-state index contributed by atoms with van der Waals surface area (Å²) < 4.78 is 0. The van der Waals surface area contributed by atoms with Crippen molar-refractivity contribution in [2.24, 2.45) is 35.0 Å². The maximum atomic E-state index is 2.55. The molecule has 0 aliphatic heterocycles. The lowest BCUT2D eigenvalue weighted by atomic mass is 9.68. The Labute approximate surface area is 87.5 Å². The van der Waals surface area contributed by atoms with Gasteiger partial charge in [-0.1, -0.05) is 6.92 Å². The first-order valence-electron chi connectivity index (χ1n) is 6.83. The highest BCUT2D eigenvalue weighted by atomic mass is 14.7. The summed E-state index contributed by atoms with van der Waals surface area (Å²) in [6, 6.07) is 0. The van der Waals surface area contributed by atoms with Crippen molar-refractivity contribution in [3.8, 4) is 0 Å². The fourth-order valence-electron chi connectivity index (χ4n) is 6.59. The third-order valence-electron chi connectivity index (χ3n) is 6.66. The predicted molar refractivity (Wildman–Crippen MR) is 57.9 cm³/mol. The summed E-state index contributed by atoms with van der Waals surface area (Å²) in [6.45, 7) is 2.55. The van der Waals surface area contributed by atoms with Gasteiger partial charge in [-0.2, -0.15) is 0 Å². The Balaban J connectivity index is 1.86. The van der Waals surface area contributed by atoms with Gasteiger partial charge in [0.05, 0.1) is 0 Å². The van der Waals surface area contributed by atoms with Crippen molar-refractivity contribution in [2.75, 3.05) is 0 Å². The Morgan fingerprint density at radius 3 is 2.07 bits per heavy atom. The van der Waals surface area contributed by atoms with Gasteiger partial charge in [-0.3, -0.25) is 0 Å². The van der Waals surface area contributed by atoms with Crippen LogP contribution in [0.3, 0.4) is 0 Å². The number of hydrogen-bond acceptors (Lipinski definition) is 0. The molecule has 0 aromatic rings. The first-order valence-corrected chi connectivity index (χ1v) is 6.83. The minimum absolute atomic E-state index is 0.916. The molecule has 0 nitrogen and oxygen atoms in total. The molecule has 0 heterocycles. The summed E-state index contributed by atoms with van der Waals surface area (Å²) in [5.74, 6) is 5.76. The van der Waals surface area contributed by atoms with Gasteiger partial charge in [-0.25, -0.2) is 0 Å². The summed E-state index contributed by atoms with van der Waals surface area (Å²) in [5.41, 5.74) is 0.916. The Kier molecular flexibility index (Phi) is 1.40. The molecule has 0 radical (unpaired) electrons. The molecule has 4 fully saturated rings. The van der Waals surface area contributed by atoms with Crippen LogP contribution in [0.4, 0.5) is 0 Å². The highest BCUT2D eigenvalue weighted by molar-refractivity contribution is 5.16. The smallest absolute Gasteiger partial charge is 0.0182 e. The van der Waals surface area contributed by atoms with Gasteiger partial charge in [0.1, 0.15) is 0 Å². The van der Waals surface area contributed by atoms with E-state index in [2.05, 4.69) is 6.92 Å². The van der Waals surface area contributed by atoms with Crippen molar-refractivity contribution in [2.45, 2.75) is 51.9 Å². The fraction of sp³-hybridized carbons (Fsp3) is 1.00. The van der Waals surface area contributed by atoms with Gasteiger partial charge in [0.2, 0.25) is 0 Å². The third-order valence-corrected chi connectivity index (χ3v) is 6.66. The molecule has 0 aromatic carbocycles. The minimum Gasteiger partial charge on any atom is -0.0622 e. The summed E-state index contributed by atoms with van der Waals surface area (Å²) in [6.07, 6.45) is 11.2. The average Bonchev–Trinajstić information content (AvgIpc) is 2.77. The minimum atomic E-state index is 0.916. The molecule has 14 heavy (non-hydrogen) atoms. The molecule has 78 valence electrons. The quantitative estimate of drug-likeness (QED) is 0.544.